The van der Waals surface area contributed by atoms with E-state index in [1.807, 2.05) is 36.7 Å². The molecule has 0 bridgehead atoms. The number of nitrogens with one attached hydrogen (secondary N) is 2. The van der Waals surface area contributed by atoms with Gasteiger partial charge in [-0.3, -0.25) is 19.0 Å². The third-order valence-electron chi connectivity index (χ3n) is 5.10. The van der Waals surface area contributed by atoms with Gasteiger partial charge in [0.2, 0.25) is 5.91 Å². The van der Waals surface area contributed by atoms with Gasteiger partial charge in [0, 0.05) is 21.9 Å². The third kappa shape index (κ3) is 4.49. The number of hydrogen-bond donors (Lipinski definition) is 2. The van der Waals surface area contributed by atoms with Crippen molar-refractivity contribution in [1.29, 1.82) is 0 Å². The van der Waals surface area contributed by atoms with Crippen LogP contribution < -0.4 is 16.2 Å². The van der Waals surface area contributed by atoms with E-state index in [0.717, 1.165) is 16.9 Å². The molecule has 1 aromatic carbocycles. The summed E-state index contributed by atoms with van der Waals surface area (Å²) in [7, 11) is 0. The van der Waals surface area contributed by atoms with Crippen LogP contribution in [0.3, 0.4) is 0 Å². The highest BCUT2D eigenvalue weighted by atomic mass is 32.1. The van der Waals surface area contributed by atoms with E-state index in [9.17, 15) is 14.4 Å². The lowest BCUT2D eigenvalue weighted by atomic mass is 10.1. The lowest BCUT2D eigenvalue weighted by molar-refractivity contribution is -0.116. The number of fused-ring (bicyclic) bond motifs is 1. The Bertz CT molecular complexity index is 1320. The Labute approximate surface area is 192 Å². The second kappa shape index (κ2) is 9.46. The molecule has 3 heterocycles. The van der Waals surface area contributed by atoms with Crippen LogP contribution in [-0.2, 0) is 11.3 Å². The molecule has 0 radical (unpaired) electrons. The number of thiophene rings is 2. The van der Waals surface area contributed by atoms with Gasteiger partial charge in [0.25, 0.3) is 11.5 Å². The van der Waals surface area contributed by atoms with Gasteiger partial charge in [-0.25, -0.2) is 4.98 Å². The van der Waals surface area contributed by atoms with Crippen LogP contribution in [0.25, 0.3) is 20.7 Å². The van der Waals surface area contributed by atoms with E-state index >= 15 is 0 Å². The van der Waals surface area contributed by atoms with E-state index < -0.39 is 5.91 Å². The van der Waals surface area contributed by atoms with E-state index in [0.29, 0.717) is 21.5 Å². The standard InChI is InChI=1S/C23H22N4O3S2/c1-3-14(2)25-21(29)15-7-4-5-8-17(15)26-19(28)11-27-13-24-22-20(23(27)30)16(12-32-22)18-9-6-10-31-18/h4-10,12-14H,3,11H2,1-2H3,(H,25,29)(H,26,28). The van der Waals surface area contributed by atoms with Crippen molar-refractivity contribution in [2.45, 2.75) is 32.9 Å². The SMILES string of the molecule is CCC(C)NC(=O)c1ccccc1NC(=O)Cn1cnc2scc(-c3cccs3)c2c1=O. The topological polar surface area (TPSA) is 93.1 Å². The van der Waals surface area contributed by atoms with Gasteiger partial charge >= 0.3 is 0 Å². The second-order valence-electron chi connectivity index (χ2n) is 7.36. The first-order chi connectivity index (χ1) is 15.5. The van der Waals surface area contributed by atoms with Crippen LogP contribution in [0.15, 0.2) is 58.3 Å². The maximum Gasteiger partial charge on any atom is 0.263 e. The number of benzene rings is 1. The summed E-state index contributed by atoms with van der Waals surface area (Å²) in [6.45, 7) is 3.70. The average Bonchev–Trinajstić information content (AvgIpc) is 3.46. The molecule has 0 fully saturated rings. The van der Waals surface area contributed by atoms with Crippen molar-refractivity contribution in [2.75, 3.05) is 5.32 Å². The van der Waals surface area contributed by atoms with Gasteiger partial charge in [0.05, 0.1) is 23.0 Å². The zero-order valence-corrected chi connectivity index (χ0v) is 19.3. The molecular weight excluding hydrogens is 444 g/mol. The van der Waals surface area contributed by atoms with E-state index in [1.165, 1.54) is 22.2 Å². The Kier molecular flexibility index (Phi) is 6.48. The number of carbonyl (C=O) groups is 2. The Morgan fingerprint density at radius 1 is 1.16 bits per heavy atom. The van der Waals surface area contributed by atoms with Crippen molar-refractivity contribution in [3.05, 3.63) is 69.4 Å². The van der Waals surface area contributed by atoms with Gasteiger partial charge in [-0.1, -0.05) is 25.1 Å². The van der Waals surface area contributed by atoms with Crippen molar-refractivity contribution >= 4 is 50.4 Å². The summed E-state index contributed by atoms with van der Waals surface area (Å²) in [4.78, 5) is 44.4. The second-order valence-corrected chi connectivity index (χ2v) is 9.17. The van der Waals surface area contributed by atoms with Gasteiger partial charge in [0.1, 0.15) is 11.4 Å². The van der Waals surface area contributed by atoms with Crippen LogP contribution in [0, 0.1) is 0 Å². The number of carbonyl (C=O) groups excluding carboxylic acids is 2. The van der Waals surface area contributed by atoms with Crippen LogP contribution in [0.5, 0.6) is 0 Å². The van der Waals surface area contributed by atoms with E-state index in [2.05, 4.69) is 15.6 Å². The maximum absolute atomic E-state index is 13.1. The van der Waals surface area contributed by atoms with Crippen molar-refractivity contribution < 1.29 is 9.59 Å². The molecule has 1 unspecified atom stereocenters. The Balaban J connectivity index is 1.57. The van der Waals surface area contributed by atoms with E-state index in [1.54, 1.807) is 35.6 Å². The molecular formula is C23H22N4O3S2. The number of nitrogens with zero attached hydrogens (tertiary/aromatic N) is 2. The average molecular weight is 467 g/mol. The summed E-state index contributed by atoms with van der Waals surface area (Å²) in [6, 6.07) is 10.7. The molecule has 0 aliphatic carbocycles. The molecule has 0 saturated heterocycles. The molecule has 32 heavy (non-hydrogen) atoms. The summed E-state index contributed by atoms with van der Waals surface area (Å²) < 4.78 is 1.29. The summed E-state index contributed by atoms with van der Waals surface area (Å²) in [5.74, 6) is -0.667. The molecule has 0 saturated carbocycles. The van der Waals surface area contributed by atoms with Gasteiger partial charge < -0.3 is 10.6 Å². The van der Waals surface area contributed by atoms with Crippen LogP contribution in [-0.4, -0.2) is 27.4 Å². The zero-order valence-electron chi connectivity index (χ0n) is 17.6. The third-order valence-corrected chi connectivity index (χ3v) is 6.89. The number of para-hydroxylation sites is 1. The first-order valence-electron chi connectivity index (χ1n) is 10.2. The minimum atomic E-state index is -0.412. The zero-order chi connectivity index (χ0) is 22.7. The van der Waals surface area contributed by atoms with Crippen LogP contribution in [0.1, 0.15) is 30.6 Å². The number of aromatic nitrogens is 2. The number of anilines is 1. The van der Waals surface area contributed by atoms with Crippen LogP contribution in [0.2, 0.25) is 0 Å². The fourth-order valence-electron chi connectivity index (χ4n) is 3.23. The summed E-state index contributed by atoms with van der Waals surface area (Å²) in [5.41, 5.74) is 1.34. The fraction of sp³-hybridized carbons (Fsp3) is 0.217. The first kappa shape index (κ1) is 21.9. The normalized spacial score (nSPS) is 11.9. The molecule has 164 valence electrons. The monoisotopic (exact) mass is 466 g/mol. The highest BCUT2D eigenvalue weighted by Gasteiger charge is 2.17. The van der Waals surface area contributed by atoms with Gasteiger partial charge in [-0.2, -0.15) is 0 Å². The highest BCUT2D eigenvalue weighted by Crippen LogP contribution is 2.33. The summed E-state index contributed by atoms with van der Waals surface area (Å²) >= 11 is 2.95. The maximum atomic E-state index is 13.1. The minimum Gasteiger partial charge on any atom is -0.350 e. The molecule has 2 amide bonds. The largest absolute Gasteiger partial charge is 0.350 e. The molecule has 0 aliphatic heterocycles. The smallest absolute Gasteiger partial charge is 0.263 e. The Morgan fingerprint density at radius 3 is 2.72 bits per heavy atom. The Hall–Kier alpha value is -3.30. The molecule has 1 atom stereocenters. The van der Waals surface area contributed by atoms with Gasteiger partial charge in [0.15, 0.2) is 0 Å². The van der Waals surface area contributed by atoms with E-state index in [4.69, 9.17) is 0 Å². The first-order valence-corrected chi connectivity index (χ1v) is 11.9. The fourth-order valence-corrected chi connectivity index (χ4v) is 4.95. The molecule has 3 aromatic heterocycles. The lowest BCUT2D eigenvalue weighted by Crippen LogP contribution is -2.33. The van der Waals surface area contributed by atoms with Crippen molar-refractivity contribution in [2.24, 2.45) is 0 Å². The molecule has 4 rings (SSSR count). The van der Waals surface area contributed by atoms with E-state index in [-0.39, 0.29) is 24.1 Å². The van der Waals surface area contributed by atoms with Crippen molar-refractivity contribution in [1.82, 2.24) is 14.9 Å². The predicted molar refractivity (Wildman–Crippen MR) is 129 cm³/mol. The molecule has 0 aliphatic rings. The molecule has 4 aromatic rings. The van der Waals surface area contributed by atoms with Crippen LogP contribution in [0.4, 0.5) is 5.69 Å². The van der Waals surface area contributed by atoms with Gasteiger partial charge in [-0.05, 0) is 36.9 Å². The van der Waals surface area contributed by atoms with Crippen molar-refractivity contribution in [3.63, 3.8) is 0 Å². The molecule has 9 heteroatoms. The number of rotatable bonds is 7. The minimum absolute atomic E-state index is 0.0192. The predicted octanol–water partition coefficient (Wildman–Crippen LogP) is 4.35. The summed E-state index contributed by atoms with van der Waals surface area (Å²) in [5, 5.41) is 10.0. The molecule has 2 N–H and O–H groups in total. The number of hydrogen-bond acceptors (Lipinski definition) is 6. The molecule has 7 nitrogen and oxygen atoms in total. The van der Waals surface area contributed by atoms with Gasteiger partial charge in [-0.15, -0.1) is 22.7 Å². The number of amides is 2. The Morgan fingerprint density at radius 2 is 1.97 bits per heavy atom. The summed E-state index contributed by atoms with van der Waals surface area (Å²) in [6.07, 6.45) is 2.19. The van der Waals surface area contributed by atoms with Crippen molar-refractivity contribution in [3.8, 4) is 10.4 Å². The van der Waals surface area contributed by atoms with Crippen LogP contribution >= 0.6 is 22.7 Å². The lowest BCUT2D eigenvalue weighted by Gasteiger charge is -2.15. The quantitative estimate of drug-likeness (QED) is 0.423. The molecule has 0 spiro atoms. The highest BCUT2D eigenvalue weighted by molar-refractivity contribution is 7.18.